The first-order chi connectivity index (χ1) is 9.58. The van der Waals surface area contributed by atoms with Gasteiger partial charge in [-0.3, -0.25) is 4.79 Å². The summed E-state index contributed by atoms with van der Waals surface area (Å²) in [5, 5.41) is 4.24. The van der Waals surface area contributed by atoms with Crippen molar-refractivity contribution in [1.82, 2.24) is 5.32 Å². The molecule has 0 saturated carbocycles. The molecule has 0 aliphatic carbocycles. The topological polar surface area (TPSA) is 29.1 Å². The molecule has 0 spiro atoms. The van der Waals surface area contributed by atoms with Gasteiger partial charge in [-0.2, -0.15) is 0 Å². The van der Waals surface area contributed by atoms with Gasteiger partial charge in [-0.05, 0) is 29.3 Å². The van der Waals surface area contributed by atoms with Crippen LogP contribution in [0.3, 0.4) is 0 Å². The molecule has 0 unspecified atom stereocenters. The normalized spacial score (nSPS) is 10.3. The van der Waals surface area contributed by atoms with Gasteiger partial charge in [0.2, 0.25) is 0 Å². The predicted molar refractivity (Wildman–Crippen MR) is 89.4 cm³/mol. The molecule has 0 radical (unpaired) electrons. The van der Waals surface area contributed by atoms with Crippen molar-refractivity contribution in [2.24, 2.45) is 0 Å². The maximum absolute atomic E-state index is 12.0. The average Bonchev–Trinajstić information content (AvgIpc) is 2.44. The molecule has 2 aromatic rings. The van der Waals surface area contributed by atoms with Gasteiger partial charge in [-0.25, -0.2) is 0 Å². The van der Waals surface area contributed by atoms with E-state index in [-0.39, 0.29) is 5.91 Å². The highest BCUT2D eigenvalue weighted by molar-refractivity contribution is 9.10. The maximum atomic E-state index is 12.0. The summed E-state index contributed by atoms with van der Waals surface area (Å²) in [5.74, 6) is -0.141. The standard InChI is InChI=1S/C15H12Br2ClNO/c16-8-10-1-3-11(4-2-10)9-19-15(20)12-5-13(17)7-14(18)6-12/h1-7H,8-9H2,(H,19,20). The molecule has 5 heteroatoms. The van der Waals surface area contributed by atoms with E-state index in [1.807, 2.05) is 24.3 Å². The SMILES string of the molecule is O=C(NCc1ccc(CBr)cc1)c1cc(Cl)cc(Br)c1. The van der Waals surface area contributed by atoms with Crippen molar-refractivity contribution in [3.63, 3.8) is 0 Å². The van der Waals surface area contributed by atoms with Crippen molar-refractivity contribution in [3.05, 3.63) is 68.7 Å². The van der Waals surface area contributed by atoms with Gasteiger partial charge in [0, 0.05) is 26.9 Å². The molecular weight excluding hydrogens is 405 g/mol. The number of hydrogen-bond acceptors (Lipinski definition) is 1. The van der Waals surface area contributed by atoms with E-state index in [0.29, 0.717) is 17.1 Å². The lowest BCUT2D eigenvalue weighted by Crippen LogP contribution is -2.22. The number of carbonyl (C=O) groups is 1. The molecule has 0 aliphatic heterocycles. The van der Waals surface area contributed by atoms with Crippen LogP contribution < -0.4 is 5.32 Å². The average molecular weight is 418 g/mol. The Bertz CT molecular complexity index is 594. The Kier molecular flexibility index (Phi) is 5.64. The Morgan fingerprint density at radius 3 is 2.35 bits per heavy atom. The van der Waals surface area contributed by atoms with Crippen LogP contribution in [0.25, 0.3) is 0 Å². The Morgan fingerprint density at radius 1 is 1.10 bits per heavy atom. The van der Waals surface area contributed by atoms with E-state index in [2.05, 4.69) is 37.2 Å². The molecule has 0 saturated heterocycles. The van der Waals surface area contributed by atoms with E-state index >= 15 is 0 Å². The zero-order valence-electron chi connectivity index (χ0n) is 10.5. The lowest BCUT2D eigenvalue weighted by molar-refractivity contribution is 0.0951. The summed E-state index contributed by atoms with van der Waals surface area (Å²) in [7, 11) is 0. The largest absolute Gasteiger partial charge is 0.348 e. The summed E-state index contributed by atoms with van der Waals surface area (Å²) >= 11 is 12.7. The monoisotopic (exact) mass is 415 g/mol. The maximum Gasteiger partial charge on any atom is 0.251 e. The molecule has 2 nitrogen and oxygen atoms in total. The van der Waals surface area contributed by atoms with E-state index in [4.69, 9.17) is 11.6 Å². The van der Waals surface area contributed by atoms with Gasteiger partial charge in [0.1, 0.15) is 0 Å². The number of rotatable bonds is 4. The van der Waals surface area contributed by atoms with Crippen molar-refractivity contribution < 1.29 is 4.79 Å². The molecule has 2 rings (SSSR count). The lowest BCUT2D eigenvalue weighted by atomic mass is 10.1. The third-order valence-electron chi connectivity index (χ3n) is 2.76. The fourth-order valence-electron chi connectivity index (χ4n) is 1.72. The van der Waals surface area contributed by atoms with Gasteiger partial charge in [0.25, 0.3) is 5.91 Å². The summed E-state index contributed by atoms with van der Waals surface area (Å²) in [6, 6.07) is 13.2. The molecule has 0 aliphatic rings. The van der Waals surface area contributed by atoms with Gasteiger partial charge in [-0.15, -0.1) is 0 Å². The number of halogens is 3. The molecule has 0 atom stereocenters. The van der Waals surface area contributed by atoms with Crippen molar-refractivity contribution in [3.8, 4) is 0 Å². The first-order valence-electron chi connectivity index (χ1n) is 5.96. The first-order valence-corrected chi connectivity index (χ1v) is 8.26. The molecular formula is C15H12Br2ClNO. The number of nitrogens with one attached hydrogen (secondary N) is 1. The number of benzene rings is 2. The molecule has 1 N–H and O–H groups in total. The van der Waals surface area contributed by atoms with Gasteiger partial charge < -0.3 is 5.32 Å². The smallest absolute Gasteiger partial charge is 0.251 e. The molecule has 0 aromatic heterocycles. The van der Waals surface area contributed by atoms with Crippen LogP contribution in [0, 0.1) is 0 Å². The highest BCUT2D eigenvalue weighted by Crippen LogP contribution is 2.19. The number of alkyl halides is 1. The van der Waals surface area contributed by atoms with Crippen LogP contribution in [0.15, 0.2) is 46.9 Å². The fourth-order valence-corrected chi connectivity index (χ4v) is 2.95. The molecule has 104 valence electrons. The van der Waals surface area contributed by atoms with Crippen LogP contribution in [0.5, 0.6) is 0 Å². The van der Waals surface area contributed by atoms with E-state index in [9.17, 15) is 4.79 Å². The van der Waals surface area contributed by atoms with Crippen molar-refractivity contribution >= 4 is 49.4 Å². The zero-order chi connectivity index (χ0) is 14.5. The summed E-state index contributed by atoms with van der Waals surface area (Å²) in [6.07, 6.45) is 0. The van der Waals surface area contributed by atoms with Gasteiger partial charge in [0.15, 0.2) is 0 Å². The van der Waals surface area contributed by atoms with E-state index in [1.165, 1.54) is 5.56 Å². The summed E-state index contributed by atoms with van der Waals surface area (Å²) in [6.45, 7) is 0.492. The summed E-state index contributed by atoms with van der Waals surface area (Å²) in [5.41, 5.74) is 2.81. The molecule has 2 aromatic carbocycles. The summed E-state index contributed by atoms with van der Waals surface area (Å²) < 4.78 is 0.789. The Balaban J connectivity index is 2.00. The highest BCUT2D eigenvalue weighted by Gasteiger charge is 2.07. The molecule has 20 heavy (non-hydrogen) atoms. The van der Waals surface area contributed by atoms with Crippen LogP contribution in [-0.4, -0.2) is 5.91 Å². The Morgan fingerprint density at radius 2 is 1.75 bits per heavy atom. The third-order valence-corrected chi connectivity index (χ3v) is 4.08. The number of amides is 1. The van der Waals surface area contributed by atoms with Crippen molar-refractivity contribution in [2.75, 3.05) is 0 Å². The minimum atomic E-state index is -0.141. The summed E-state index contributed by atoms with van der Waals surface area (Å²) in [4.78, 5) is 12.0. The molecule has 0 bridgehead atoms. The molecule has 1 amide bonds. The first kappa shape index (κ1) is 15.5. The van der Waals surface area contributed by atoms with Gasteiger partial charge >= 0.3 is 0 Å². The number of hydrogen-bond donors (Lipinski definition) is 1. The lowest BCUT2D eigenvalue weighted by Gasteiger charge is -2.07. The van der Waals surface area contributed by atoms with Crippen LogP contribution in [-0.2, 0) is 11.9 Å². The second-order valence-electron chi connectivity index (χ2n) is 4.29. The minimum absolute atomic E-state index is 0.141. The van der Waals surface area contributed by atoms with Crippen LogP contribution in [0.4, 0.5) is 0 Å². The minimum Gasteiger partial charge on any atom is -0.348 e. The second-order valence-corrected chi connectivity index (χ2v) is 6.20. The Hall–Kier alpha value is -0.840. The second kappa shape index (κ2) is 7.25. The molecule has 0 heterocycles. The number of carbonyl (C=O) groups excluding carboxylic acids is 1. The van der Waals surface area contributed by atoms with E-state index < -0.39 is 0 Å². The zero-order valence-corrected chi connectivity index (χ0v) is 14.4. The van der Waals surface area contributed by atoms with Crippen LogP contribution >= 0.6 is 43.5 Å². The quantitative estimate of drug-likeness (QED) is 0.703. The molecule has 0 fully saturated rings. The third kappa shape index (κ3) is 4.33. The van der Waals surface area contributed by atoms with Crippen LogP contribution in [0.2, 0.25) is 5.02 Å². The van der Waals surface area contributed by atoms with Gasteiger partial charge in [0.05, 0.1) is 0 Å². The highest BCUT2D eigenvalue weighted by atomic mass is 79.9. The van der Waals surface area contributed by atoms with E-state index in [1.54, 1.807) is 18.2 Å². The van der Waals surface area contributed by atoms with Crippen LogP contribution in [0.1, 0.15) is 21.5 Å². The van der Waals surface area contributed by atoms with Crippen molar-refractivity contribution in [2.45, 2.75) is 11.9 Å². The predicted octanol–water partition coefficient (Wildman–Crippen LogP) is 4.93. The fraction of sp³-hybridized carbons (Fsp3) is 0.133. The Labute approximate surface area is 139 Å². The van der Waals surface area contributed by atoms with E-state index in [0.717, 1.165) is 15.4 Å². The van der Waals surface area contributed by atoms with Crippen molar-refractivity contribution in [1.29, 1.82) is 0 Å². The van der Waals surface area contributed by atoms with Gasteiger partial charge in [-0.1, -0.05) is 67.7 Å².